The molecule has 1 amide bonds. The smallest absolute Gasteiger partial charge is 0.236 e. The first kappa shape index (κ1) is 23.0. The van der Waals surface area contributed by atoms with Crippen molar-refractivity contribution in [3.63, 3.8) is 0 Å². The Bertz CT molecular complexity index is 1190. The molecule has 0 aliphatic rings. The number of nitrogens with one attached hydrogen (secondary N) is 1. The Balaban J connectivity index is 1.31. The lowest BCUT2D eigenvalue weighted by Crippen LogP contribution is -2.14. The quantitative estimate of drug-likeness (QED) is 0.311. The highest BCUT2D eigenvalue weighted by atomic mass is 32.2. The number of hydrogen-bond acceptors (Lipinski definition) is 7. The molecule has 0 saturated heterocycles. The lowest BCUT2D eigenvalue weighted by Gasteiger charge is -2.09. The number of carbonyl (C=O) groups is 1. The van der Waals surface area contributed by atoms with Gasteiger partial charge in [0, 0.05) is 17.5 Å². The van der Waals surface area contributed by atoms with Crippen molar-refractivity contribution < 1.29 is 9.53 Å². The second kappa shape index (κ2) is 11.1. The third-order valence-corrected chi connectivity index (χ3v) is 6.69. The second-order valence-electron chi connectivity index (χ2n) is 7.17. The van der Waals surface area contributed by atoms with E-state index in [9.17, 15) is 4.79 Å². The Kier molecular flexibility index (Phi) is 7.74. The van der Waals surface area contributed by atoms with Crippen molar-refractivity contribution in [3.8, 4) is 17.0 Å². The third-order valence-electron chi connectivity index (χ3n) is 4.96. The molecule has 0 spiro atoms. The summed E-state index contributed by atoms with van der Waals surface area (Å²) >= 11 is 2.76. The van der Waals surface area contributed by atoms with Crippen LogP contribution in [0.3, 0.4) is 0 Å². The number of nitrogens with zero attached hydrogens (tertiary/aromatic N) is 4. The van der Waals surface area contributed by atoms with Gasteiger partial charge in [-0.25, -0.2) is 4.98 Å². The first-order chi connectivity index (χ1) is 16.2. The van der Waals surface area contributed by atoms with Crippen molar-refractivity contribution in [3.05, 3.63) is 71.4 Å². The lowest BCUT2D eigenvalue weighted by atomic mass is 10.2. The third kappa shape index (κ3) is 6.00. The minimum Gasteiger partial charge on any atom is -0.486 e. The molecule has 0 bridgehead atoms. The largest absolute Gasteiger partial charge is 0.486 e. The van der Waals surface area contributed by atoms with E-state index < -0.39 is 0 Å². The molecule has 170 valence electrons. The molecule has 2 aromatic carbocycles. The van der Waals surface area contributed by atoms with Crippen LogP contribution in [0, 0.1) is 0 Å². The predicted octanol–water partition coefficient (Wildman–Crippen LogP) is 5.29. The number of thiazole rings is 1. The van der Waals surface area contributed by atoms with Crippen LogP contribution in [0.25, 0.3) is 11.3 Å². The fourth-order valence-corrected chi connectivity index (χ4v) is 4.73. The molecule has 4 rings (SSSR count). The summed E-state index contributed by atoms with van der Waals surface area (Å²) in [6.07, 6.45) is 0.995. The molecule has 1 N–H and O–H groups in total. The minimum absolute atomic E-state index is 0.131. The van der Waals surface area contributed by atoms with Gasteiger partial charge < -0.3 is 14.6 Å². The number of carbonyl (C=O) groups excluding carboxylic acids is 1. The van der Waals surface area contributed by atoms with E-state index >= 15 is 0 Å². The molecule has 0 aliphatic heterocycles. The molecule has 9 heteroatoms. The number of amides is 1. The van der Waals surface area contributed by atoms with Crippen LogP contribution < -0.4 is 10.1 Å². The average Bonchev–Trinajstić information content (AvgIpc) is 3.48. The Morgan fingerprint density at radius 1 is 1.09 bits per heavy atom. The molecule has 0 aliphatic carbocycles. The summed E-state index contributed by atoms with van der Waals surface area (Å²) in [6, 6.07) is 17.9. The molecule has 2 aromatic heterocycles. The molecular weight excluding hydrogens is 454 g/mol. The minimum atomic E-state index is -0.131. The topological polar surface area (TPSA) is 81.9 Å². The van der Waals surface area contributed by atoms with Crippen molar-refractivity contribution in [1.29, 1.82) is 0 Å². The van der Waals surface area contributed by atoms with E-state index in [0.29, 0.717) is 23.4 Å². The summed E-state index contributed by atoms with van der Waals surface area (Å²) < 4.78 is 7.84. The molecule has 0 atom stereocenters. The van der Waals surface area contributed by atoms with Crippen molar-refractivity contribution >= 4 is 34.1 Å². The highest BCUT2D eigenvalue weighted by Gasteiger charge is 2.15. The summed E-state index contributed by atoms with van der Waals surface area (Å²) in [4.78, 5) is 17.0. The van der Waals surface area contributed by atoms with E-state index in [2.05, 4.69) is 39.6 Å². The number of hydrogen-bond donors (Lipinski definition) is 1. The van der Waals surface area contributed by atoms with Gasteiger partial charge in [0.15, 0.2) is 16.1 Å². The molecule has 0 radical (unpaired) electrons. The fourth-order valence-electron chi connectivity index (χ4n) is 3.18. The zero-order valence-corrected chi connectivity index (χ0v) is 20.2. The van der Waals surface area contributed by atoms with E-state index in [1.165, 1.54) is 28.7 Å². The predicted molar refractivity (Wildman–Crippen MR) is 133 cm³/mol. The van der Waals surface area contributed by atoms with Gasteiger partial charge >= 0.3 is 0 Å². The Labute approximate surface area is 201 Å². The van der Waals surface area contributed by atoms with Crippen LogP contribution in [0.4, 0.5) is 5.13 Å². The number of rotatable bonds is 10. The highest BCUT2D eigenvalue weighted by Crippen LogP contribution is 2.25. The van der Waals surface area contributed by atoms with E-state index in [4.69, 9.17) is 4.74 Å². The number of anilines is 1. The molecule has 0 fully saturated rings. The monoisotopic (exact) mass is 479 g/mol. The fraction of sp³-hybridized carbons (Fsp3) is 0.250. The van der Waals surface area contributed by atoms with Crippen molar-refractivity contribution in [2.45, 2.75) is 38.6 Å². The number of thioether (sulfide) groups is 1. The standard InChI is InChI=1S/C24H25N5O2S2/c1-3-17-10-12-19(13-11-17)31-14-21-27-28-24(29(21)4-2)33-16-22(30)26-23-25-20(15-32-23)18-8-6-5-7-9-18/h5-13,15H,3-4,14,16H2,1-2H3,(H,25,26,30). The number of ether oxygens (including phenoxy) is 1. The van der Waals surface area contributed by atoms with E-state index in [-0.39, 0.29) is 11.7 Å². The summed E-state index contributed by atoms with van der Waals surface area (Å²) in [5.41, 5.74) is 3.14. The maximum atomic E-state index is 12.5. The van der Waals surface area contributed by atoms with Gasteiger partial charge in [0.05, 0.1) is 11.4 Å². The number of aromatic nitrogens is 4. The van der Waals surface area contributed by atoms with Crippen LogP contribution in [0.1, 0.15) is 25.2 Å². The number of aryl methyl sites for hydroxylation is 1. The van der Waals surface area contributed by atoms with Crippen molar-refractivity contribution in [1.82, 2.24) is 19.7 Å². The maximum Gasteiger partial charge on any atom is 0.236 e. The summed E-state index contributed by atoms with van der Waals surface area (Å²) in [6.45, 7) is 5.16. The SMILES string of the molecule is CCc1ccc(OCc2nnc(SCC(=O)Nc3nc(-c4ccccc4)cs3)n2CC)cc1. The van der Waals surface area contributed by atoms with Gasteiger partial charge in [-0.1, -0.05) is 61.2 Å². The molecule has 0 unspecified atom stereocenters. The Morgan fingerprint density at radius 3 is 2.61 bits per heavy atom. The van der Waals surface area contributed by atoms with E-state index in [1.54, 1.807) is 0 Å². The van der Waals surface area contributed by atoms with Gasteiger partial charge in [-0.05, 0) is 31.0 Å². The van der Waals surface area contributed by atoms with Crippen LogP contribution in [0.2, 0.25) is 0 Å². The first-order valence-corrected chi connectivity index (χ1v) is 12.6. The summed E-state index contributed by atoms with van der Waals surface area (Å²) in [5, 5.41) is 14.6. The first-order valence-electron chi connectivity index (χ1n) is 10.7. The van der Waals surface area contributed by atoms with Gasteiger partial charge in [-0.3, -0.25) is 4.79 Å². The van der Waals surface area contributed by atoms with Gasteiger partial charge in [0.2, 0.25) is 5.91 Å². The van der Waals surface area contributed by atoms with E-state index in [1.807, 2.05) is 59.3 Å². The van der Waals surface area contributed by atoms with Gasteiger partial charge in [-0.15, -0.1) is 21.5 Å². The van der Waals surface area contributed by atoms with Crippen LogP contribution in [-0.2, 0) is 24.4 Å². The normalized spacial score (nSPS) is 10.8. The van der Waals surface area contributed by atoms with Crippen molar-refractivity contribution in [2.75, 3.05) is 11.1 Å². The Morgan fingerprint density at radius 2 is 1.88 bits per heavy atom. The highest BCUT2D eigenvalue weighted by molar-refractivity contribution is 7.99. The zero-order valence-electron chi connectivity index (χ0n) is 18.5. The molecule has 2 heterocycles. The summed E-state index contributed by atoms with van der Waals surface area (Å²) in [7, 11) is 0. The lowest BCUT2D eigenvalue weighted by molar-refractivity contribution is -0.113. The molecule has 33 heavy (non-hydrogen) atoms. The molecule has 4 aromatic rings. The van der Waals surface area contributed by atoms with Gasteiger partial charge in [0.25, 0.3) is 0 Å². The molecule has 0 saturated carbocycles. The molecule has 7 nitrogen and oxygen atoms in total. The van der Waals surface area contributed by atoms with Gasteiger partial charge in [-0.2, -0.15) is 0 Å². The average molecular weight is 480 g/mol. The van der Waals surface area contributed by atoms with Crippen LogP contribution >= 0.6 is 23.1 Å². The van der Waals surface area contributed by atoms with E-state index in [0.717, 1.165) is 29.3 Å². The van der Waals surface area contributed by atoms with Crippen LogP contribution in [0.15, 0.2) is 65.1 Å². The number of benzene rings is 2. The van der Waals surface area contributed by atoms with Crippen molar-refractivity contribution in [2.24, 2.45) is 0 Å². The zero-order chi connectivity index (χ0) is 23.0. The van der Waals surface area contributed by atoms with Crippen LogP contribution in [-0.4, -0.2) is 31.4 Å². The second-order valence-corrected chi connectivity index (χ2v) is 8.97. The Hall–Kier alpha value is -3.17. The summed E-state index contributed by atoms with van der Waals surface area (Å²) in [5.74, 6) is 1.61. The van der Waals surface area contributed by atoms with Gasteiger partial charge in [0.1, 0.15) is 12.4 Å². The molecular formula is C24H25N5O2S2. The maximum absolute atomic E-state index is 12.5. The van der Waals surface area contributed by atoms with Crippen LogP contribution in [0.5, 0.6) is 5.75 Å².